The molecule has 0 aliphatic rings. The van der Waals surface area contributed by atoms with Gasteiger partial charge in [-0.05, 0) is 146 Å². The molecule has 286 valence electrons. The molecular formula is C37H40F4I2N4O6. The van der Waals surface area contributed by atoms with Crippen LogP contribution in [0.2, 0.25) is 0 Å². The minimum Gasteiger partial charge on any atom is -0.393 e. The molecule has 6 N–H and O–H groups in total. The number of aliphatic hydroxyl groups excluding tert-OH is 1. The molecule has 0 aliphatic heterocycles. The van der Waals surface area contributed by atoms with Crippen LogP contribution in [0.1, 0.15) is 65.5 Å². The van der Waals surface area contributed by atoms with Crippen molar-refractivity contribution >= 4 is 79.7 Å². The predicted octanol–water partition coefficient (Wildman–Crippen LogP) is 8.50. The number of anilines is 4. The molecular weight excluding hydrogens is 926 g/mol. The number of hydrogen-bond acceptors (Lipinski definition) is 8. The molecule has 1 unspecified atom stereocenters. The second-order valence-corrected chi connectivity index (χ2v) is 15.0. The lowest BCUT2D eigenvalue weighted by atomic mass is 10.1. The largest absolute Gasteiger partial charge is 0.393 e. The van der Waals surface area contributed by atoms with Crippen molar-refractivity contribution in [2.75, 3.05) is 23.8 Å². The van der Waals surface area contributed by atoms with Crippen molar-refractivity contribution in [1.29, 1.82) is 0 Å². The lowest BCUT2D eigenvalue weighted by molar-refractivity contribution is -0.00570. The molecule has 10 nitrogen and oxygen atoms in total. The van der Waals surface area contributed by atoms with Crippen LogP contribution in [-0.4, -0.2) is 46.9 Å². The SMILES string of the molecule is Cc1cc(I)ccc1Nc1cc(F)c(F)cc1C(=O)NOCCC(C)(C)O.Cc1cc(I)ccc1Nc1cc(F)c(F)cc1C(=O)NOCCC(C)O. The van der Waals surface area contributed by atoms with E-state index in [0.29, 0.717) is 17.8 Å². The predicted molar refractivity (Wildman–Crippen MR) is 211 cm³/mol. The fourth-order valence-electron chi connectivity index (χ4n) is 4.37. The number of hydrogen-bond donors (Lipinski definition) is 6. The molecule has 0 heterocycles. The molecule has 1 atom stereocenters. The third kappa shape index (κ3) is 14.3. The van der Waals surface area contributed by atoms with Crippen molar-refractivity contribution in [3.8, 4) is 0 Å². The number of rotatable bonds is 14. The molecule has 16 heteroatoms. The number of carbonyl (C=O) groups excluding carboxylic acids is 2. The lowest BCUT2D eigenvalue weighted by Gasteiger charge is -2.17. The van der Waals surface area contributed by atoms with E-state index in [9.17, 15) is 32.3 Å². The van der Waals surface area contributed by atoms with Gasteiger partial charge in [-0.2, -0.15) is 0 Å². The highest BCUT2D eigenvalue weighted by atomic mass is 127. The maximum atomic E-state index is 13.7. The minimum absolute atomic E-state index is 0.0674. The Morgan fingerprint density at radius 3 is 1.47 bits per heavy atom. The smallest absolute Gasteiger partial charge is 0.277 e. The summed E-state index contributed by atoms with van der Waals surface area (Å²) in [5.74, 6) is -5.86. The zero-order valence-electron chi connectivity index (χ0n) is 29.5. The summed E-state index contributed by atoms with van der Waals surface area (Å²) in [5.41, 5.74) is 6.55. The number of nitrogens with one attached hydrogen (secondary N) is 4. The van der Waals surface area contributed by atoms with E-state index >= 15 is 0 Å². The summed E-state index contributed by atoms with van der Waals surface area (Å²) < 4.78 is 56.8. The summed E-state index contributed by atoms with van der Waals surface area (Å²) >= 11 is 4.34. The number of carbonyl (C=O) groups is 2. The van der Waals surface area contributed by atoms with Gasteiger partial charge in [-0.3, -0.25) is 19.3 Å². The summed E-state index contributed by atoms with van der Waals surface area (Å²) in [6, 6.07) is 14.6. The highest BCUT2D eigenvalue weighted by Gasteiger charge is 2.19. The molecule has 0 bridgehead atoms. The summed E-state index contributed by atoms with van der Waals surface area (Å²) in [7, 11) is 0. The molecule has 4 rings (SSSR count). The fourth-order valence-corrected chi connectivity index (χ4v) is 5.67. The number of aliphatic hydroxyl groups is 2. The molecule has 4 aromatic rings. The first-order valence-corrected chi connectivity index (χ1v) is 18.3. The molecule has 0 spiro atoms. The third-order valence-electron chi connectivity index (χ3n) is 7.31. The van der Waals surface area contributed by atoms with Crippen LogP contribution in [0.5, 0.6) is 0 Å². The highest BCUT2D eigenvalue weighted by molar-refractivity contribution is 14.1. The first kappa shape index (κ1) is 43.8. The molecule has 4 aromatic carbocycles. The van der Waals surface area contributed by atoms with Crippen LogP contribution < -0.4 is 21.6 Å². The molecule has 0 saturated carbocycles. The van der Waals surface area contributed by atoms with E-state index in [0.717, 1.165) is 42.5 Å². The molecule has 53 heavy (non-hydrogen) atoms. The first-order valence-electron chi connectivity index (χ1n) is 16.1. The Morgan fingerprint density at radius 1 is 0.698 bits per heavy atom. The zero-order chi connectivity index (χ0) is 39.5. The van der Waals surface area contributed by atoms with Gasteiger partial charge >= 0.3 is 0 Å². The van der Waals surface area contributed by atoms with Crippen LogP contribution in [0.4, 0.5) is 40.3 Å². The summed E-state index contributed by atoms with van der Waals surface area (Å²) in [5, 5.41) is 24.7. The molecule has 0 aromatic heterocycles. The Bertz CT molecular complexity index is 1910. The van der Waals surface area contributed by atoms with Crippen molar-refractivity contribution in [3.63, 3.8) is 0 Å². The minimum atomic E-state index is -1.14. The van der Waals surface area contributed by atoms with E-state index in [1.807, 2.05) is 38.1 Å². The van der Waals surface area contributed by atoms with Crippen LogP contribution in [0.25, 0.3) is 0 Å². The van der Waals surface area contributed by atoms with Crippen molar-refractivity contribution in [3.05, 3.63) is 113 Å². The molecule has 0 fully saturated rings. The van der Waals surface area contributed by atoms with Crippen molar-refractivity contribution < 1.29 is 47.0 Å². The van der Waals surface area contributed by atoms with Gasteiger partial charge in [0, 0.05) is 37.1 Å². The molecule has 0 radical (unpaired) electrons. The summed E-state index contributed by atoms with van der Waals surface area (Å²) in [6.45, 7) is 8.70. The van der Waals surface area contributed by atoms with Gasteiger partial charge in [-0.25, -0.2) is 28.5 Å². The second-order valence-electron chi connectivity index (χ2n) is 12.6. The van der Waals surface area contributed by atoms with Gasteiger partial charge in [0.25, 0.3) is 11.8 Å². The van der Waals surface area contributed by atoms with E-state index in [4.69, 9.17) is 14.8 Å². The Morgan fingerprint density at radius 2 is 1.09 bits per heavy atom. The standard InChI is InChI=1S/C19H21F2IN2O3.C18H19F2IN2O3/c1-11-8-12(22)4-5-16(11)23-17-10-15(21)14(20)9-13(17)18(25)24-27-7-6-19(2,3)26;1-10-7-12(21)3-4-16(10)22-17-9-15(20)14(19)8-13(17)18(25)23-26-6-5-11(2)24/h4-5,8-10,23,26H,6-7H2,1-3H3,(H,24,25);3-4,7-9,11,22,24H,5-6H2,1-2H3,(H,23,25). The van der Waals surface area contributed by atoms with Gasteiger partial charge in [0.05, 0.1) is 47.4 Å². The molecule has 2 amide bonds. The van der Waals surface area contributed by atoms with Gasteiger partial charge in [0.1, 0.15) is 0 Å². The average molecular weight is 967 g/mol. The molecule has 0 aliphatic carbocycles. The van der Waals surface area contributed by atoms with Gasteiger partial charge in [-0.15, -0.1) is 0 Å². The Hall–Kier alpha value is -3.56. The highest BCUT2D eigenvalue weighted by Crippen LogP contribution is 2.29. The fraction of sp³-hybridized carbons (Fsp3) is 0.297. The quantitative estimate of drug-likeness (QED) is 0.0320. The first-order chi connectivity index (χ1) is 24.8. The molecule has 0 saturated heterocycles. The summed E-state index contributed by atoms with van der Waals surface area (Å²) in [4.78, 5) is 34.6. The Kier molecular flexibility index (Phi) is 16.7. The number of amides is 2. The van der Waals surface area contributed by atoms with E-state index in [1.54, 1.807) is 32.9 Å². The van der Waals surface area contributed by atoms with Crippen molar-refractivity contribution in [2.24, 2.45) is 0 Å². The van der Waals surface area contributed by atoms with Gasteiger partial charge in [-0.1, -0.05) is 0 Å². The van der Waals surface area contributed by atoms with E-state index in [1.165, 1.54) is 0 Å². The van der Waals surface area contributed by atoms with Crippen LogP contribution in [-0.2, 0) is 9.68 Å². The van der Waals surface area contributed by atoms with Crippen molar-refractivity contribution in [1.82, 2.24) is 11.0 Å². The van der Waals surface area contributed by atoms with Gasteiger partial charge in [0.2, 0.25) is 0 Å². The third-order valence-corrected chi connectivity index (χ3v) is 8.65. The zero-order valence-corrected chi connectivity index (χ0v) is 33.8. The van der Waals surface area contributed by atoms with E-state index < -0.39 is 46.8 Å². The summed E-state index contributed by atoms with van der Waals surface area (Å²) in [6.07, 6.45) is 0.0412. The van der Waals surface area contributed by atoms with Crippen LogP contribution in [0.15, 0.2) is 60.7 Å². The van der Waals surface area contributed by atoms with Crippen molar-refractivity contribution in [2.45, 2.75) is 59.2 Å². The number of benzene rings is 4. The second kappa shape index (κ2) is 20.2. The van der Waals surface area contributed by atoms with E-state index in [2.05, 4.69) is 66.8 Å². The van der Waals surface area contributed by atoms with Gasteiger partial charge in [0.15, 0.2) is 23.3 Å². The maximum absolute atomic E-state index is 13.7. The lowest BCUT2D eigenvalue weighted by Crippen LogP contribution is -2.28. The maximum Gasteiger partial charge on any atom is 0.277 e. The van der Waals surface area contributed by atoms with Crippen LogP contribution in [0, 0.1) is 44.3 Å². The monoisotopic (exact) mass is 966 g/mol. The van der Waals surface area contributed by atoms with Crippen LogP contribution >= 0.6 is 45.2 Å². The average Bonchev–Trinajstić information content (AvgIpc) is 3.06. The normalized spacial score (nSPS) is 11.6. The van der Waals surface area contributed by atoms with Gasteiger partial charge < -0.3 is 20.8 Å². The van der Waals surface area contributed by atoms with Crippen LogP contribution in [0.3, 0.4) is 0 Å². The Balaban J connectivity index is 0.000000286. The topological polar surface area (TPSA) is 141 Å². The van der Waals surface area contributed by atoms with E-state index in [-0.39, 0.29) is 42.1 Å². The number of halogens is 6. The number of hydroxylamine groups is 2. The number of aryl methyl sites for hydroxylation is 2. The Labute approximate surface area is 332 Å².